The first-order chi connectivity index (χ1) is 10.3. The fraction of sp³-hybridized carbons (Fsp3) is 0.562. The van der Waals surface area contributed by atoms with Crippen LogP contribution in [0.15, 0.2) is 24.3 Å². The molecular formula is C16H23NO4S. The topological polar surface area (TPSA) is 86.5 Å². The minimum Gasteiger partial charge on any atom is -0.465 e. The van der Waals surface area contributed by atoms with E-state index in [1.54, 1.807) is 13.8 Å². The van der Waals surface area contributed by atoms with E-state index in [1.165, 1.54) is 0 Å². The molecule has 1 saturated carbocycles. The van der Waals surface area contributed by atoms with E-state index in [-0.39, 0.29) is 18.9 Å². The summed E-state index contributed by atoms with van der Waals surface area (Å²) in [7, 11) is -3.40. The number of hydrogen-bond donors (Lipinski definition) is 1. The van der Waals surface area contributed by atoms with Crippen LogP contribution in [0, 0.1) is 12.3 Å². The van der Waals surface area contributed by atoms with Gasteiger partial charge in [-0.05, 0) is 19.4 Å². The highest BCUT2D eigenvalue weighted by Crippen LogP contribution is 2.63. The Bertz CT molecular complexity index is 653. The van der Waals surface area contributed by atoms with Crippen LogP contribution in [0.4, 0.5) is 0 Å². The first-order valence-electron chi connectivity index (χ1n) is 7.50. The van der Waals surface area contributed by atoms with Crippen molar-refractivity contribution in [3.63, 3.8) is 0 Å². The fourth-order valence-corrected chi connectivity index (χ4v) is 5.27. The zero-order valence-corrected chi connectivity index (χ0v) is 14.0. The summed E-state index contributed by atoms with van der Waals surface area (Å²) in [6, 6.07) is 7.56. The number of carbonyl (C=O) groups is 1. The summed E-state index contributed by atoms with van der Waals surface area (Å²) in [4.78, 5) is 12.4. The summed E-state index contributed by atoms with van der Waals surface area (Å²) >= 11 is 0. The van der Waals surface area contributed by atoms with Crippen molar-refractivity contribution < 1.29 is 17.9 Å². The lowest BCUT2D eigenvalue weighted by molar-refractivity contribution is -0.149. The van der Waals surface area contributed by atoms with Gasteiger partial charge in [0.2, 0.25) is 0 Å². The summed E-state index contributed by atoms with van der Waals surface area (Å²) in [5, 5.41) is -0.795. The number of sulfone groups is 1. The minimum atomic E-state index is -3.40. The van der Waals surface area contributed by atoms with Crippen molar-refractivity contribution in [1.29, 1.82) is 0 Å². The van der Waals surface area contributed by atoms with Gasteiger partial charge in [0.1, 0.15) is 5.41 Å². The van der Waals surface area contributed by atoms with Crippen LogP contribution in [0.5, 0.6) is 0 Å². The molecule has 0 bridgehead atoms. The van der Waals surface area contributed by atoms with E-state index in [0.29, 0.717) is 0 Å². The summed E-state index contributed by atoms with van der Waals surface area (Å²) in [5.41, 5.74) is 6.58. The molecule has 1 fully saturated rings. The van der Waals surface area contributed by atoms with E-state index in [1.807, 2.05) is 31.2 Å². The molecule has 22 heavy (non-hydrogen) atoms. The lowest BCUT2D eigenvalue weighted by Crippen LogP contribution is -2.34. The largest absolute Gasteiger partial charge is 0.465 e. The normalized spacial score (nSPS) is 27.5. The first kappa shape index (κ1) is 17.0. The van der Waals surface area contributed by atoms with E-state index < -0.39 is 32.4 Å². The molecule has 6 heteroatoms. The SMILES string of the molecule is CCOC(=O)[C@]1(CN)[C@H](c2ccc(C)cc2)[C@@H]1S(=O)(=O)CC. The molecular weight excluding hydrogens is 302 g/mol. The van der Waals surface area contributed by atoms with Crippen molar-refractivity contribution in [2.45, 2.75) is 31.9 Å². The molecule has 0 aromatic heterocycles. The number of aryl methyl sites for hydroxylation is 1. The van der Waals surface area contributed by atoms with E-state index >= 15 is 0 Å². The van der Waals surface area contributed by atoms with Gasteiger partial charge in [0.25, 0.3) is 0 Å². The molecule has 0 unspecified atom stereocenters. The van der Waals surface area contributed by atoms with E-state index in [4.69, 9.17) is 10.5 Å². The second-order valence-corrected chi connectivity index (χ2v) is 8.14. The first-order valence-corrected chi connectivity index (χ1v) is 9.22. The third kappa shape index (κ3) is 2.54. The molecule has 2 rings (SSSR count). The number of ether oxygens (including phenoxy) is 1. The van der Waals surface area contributed by atoms with Crippen molar-refractivity contribution >= 4 is 15.8 Å². The Kier molecular flexibility index (Phi) is 4.63. The Labute approximate surface area is 131 Å². The molecule has 1 aliphatic rings. The fourth-order valence-electron chi connectivity index (χ4n) is 3.19. The van der Waals surface area contributed by atoms with Gasteiger partial charge in [-0.25, -0.2) is 8.42 Å². The van der Waals surface area contributed by atoms with Crippen molar-refractivity contribution in [3.05, 3.63) is 35.4 Å². The second kappa shape index (κ2) is 6.01. The average Bonchev–Trinajstić information content (AvgIpc) is 3.20. The van der Waals surface area contributed by atoms with Gasteiger partial charge in [0.05, 0.1) is 11.9 Å². The highest BCUT2D eigenvalue weighted by Gasteiger charge is 2.74. The number of hydrogen-bond acceptors (Lipinski definition) is 5. The van der Waals surface area contributed by atoms with Gasteiger partial charge in [-0.3, -0.25) is 4.79 Å². The standard InChI is InChI=1S/C16H23NO4S/c1-4-21-15(18)16(10-17)13(14(16)22(19,20)5-2)12-8-6-11(3)7-9-12/h6-9,13-14H,4-5,10,17H2,1-3H3/t13-,14+,16-/m1/s1. The summed E-state index contributed by atoms with van der Waals surface area (Å²) < 4.78 is 30.0. The number of nitrogens with two attached hydrogens (primary N) is 1. The van der Waals surface area contributed by atoms with E-state index in [2.05, 4.69) is 0 Å². The lowest BCUT2D eigenvalue weighted by atomic mass is 9.98. The maximum Gasteiger partial charge on any atom is 0.315 e. The van der Waals surface area contributed by atoms with Gasteiger partial charge in [0, 0.05) is 18.2 Å². The molecule has 0 amide bonds. The van der Waals surface area contributed by atoms with Crippen molar-refractivity contribution in [2.75, 3.05) is 18.9 Å². The number of esters is 1. The Morgan fingerprint density at radius 3 is 2.32 bits per heavy atom. The molecule has 3 atom stereocenters. The van der Waals surface area contributed by atoms with Crippen LogP contribution in [-0.4, -0.2) is 38.5 Å². The van der Waals surface area contributed by atoms with Gasteiger partial charge in [-0.1, -0.05) is 36.8 Å². The van der Waals surface area contributed by atoms with Gasteiger partial charge in [0.15, 0.2) is 9.84 Å². The van der Waals surface area contributed by atoms with Crippen LogP contribution in [0.2, 0.25) is 0 Å². The summed E-state index contributed by atoms with van der Waals surface area (Å²) in [5.74, 6) is -0.950. The predicted molar refractivity (Wildman–Crippen MR) is 85.3 cm³/mol. The van der Waals surface area contributed by atoms with Crippen LogP contribution in [0.1, 0.15) is 30.9 Å². The molecule has 0 aliphatic heterocycles. The monoisotopic (exact) mass is 325 g/mol. The van der Waals surface area contributed by atoms with E-state index in [0.717, 1.165) is 11.1 Å². The van der Waals surface area contributed by atoms with Gasteiger partial charge in [-0.2, -0.15) is 0 Å². The highest BCUT2D eigenvalue weighted by atomic mass is 32.2. The quantitative estimate of drug-likeness (QED) is 0.799. The van der Waals surface area contributed by atoms with Gasteiger partial charge in [-0.15, -0.1) is 0 Å². The van der Waals surface area contributed by atoms with Gasteiger partial charge >= 0.3 is 5.97 Å². The molecule has 5 nitrogen and oxygen atoms in total. The predicted octanol–water partition coefficient (Wildman–Crippen LogP) is 1.40. The van der Waals surface area contributed by atoms with Crippen molar-refractivity contribution in [2.24, 2.45) is 11.1 Å². The lowest BCUT2D eigenvalue weighted by Gasteiger charge is -2.14. The van der Waals surface area contributed by atoms with Crippen LogP contribution < -0.4 is 5.73 Å². The molecule has 1 aromatic rings. The molecule has 0 saturated heterocycles. The Morgan fingerprint density at radius 2 is 1.86 bits per heavy atom. The molecule has 0 spiro atoms. The van der Waals surface area contributed by atoms with Gasteiger partial charge < -0.3 is 10.5 Å². The molecule has 1 aromatic carbocycles. The van der Waals surface area contributed by atoms with Crippen LogP contribution >= 0.6 is 0 Å². The molecule has 0 heterocycles. The highest BCUT2D eigenvalue weighted by molar-refractivity contribution is 7.92. The maximum atomic E-state index is 12.4. The molecule has 2 N–H and O–H groups in total. The van der Waals surface area contributed by atoms with E-state index in [9.17, 15) is 13.2 Å². The minimum absolute atomic E-state index is 0.0127. The average molecular weight is 325 g/mol. The van der Waals surface area contributed by atoms with Crippen molar-refractivity contribution in [1.82, 2.24) is 0 Å². The van der Waals surface area contributed by atoms with Crippen LogP contribution in [0.25, 0.3) is 0 Å². The maximum absolute atomic E-state index is 12.4. The smallest absolute Gasteiger partial charge is 0.315 e. The number of benzene rings is 1. The number of carbonyl (C=O) groups excluding carboxylic acids is 1. The second-order valence-electron chi connectivity index (χ2n) is 5.73. The Balaban J connectivity index is 2.49. The van der Waals surface area contributed by atoms with Crippen LogP contribution in [-0.2, 0) is 19.4 Å². The van der Waals surface area contributed by atoms with Crippen molar-refractivity contribution in [3.8, 4) is 0 Å². The molecule has 0 radical (unpaired) electrons. The summed E-state index contributed by atoms with van der Waals surface area (Å²) in [6.45, 7) is 5.42. The third-order valence-electron chi connectivity index (χ3n) is 4.48. The Morgan fingerprint density at radius 1 is 1.27 bits per heavy atom. The Hall–Kier alpha value is -1.40. The zero-order chi connectivity index (χ0) is 16.5. The third-order valence-corrected chi connectivity index (χ3v) is 6.75. The summed E-state index contributed by atoms with van der Waals surface area (Å²) in [6.07, 6.45) is 0. The molecule has 122 valence electrons. The number of rotatable bonds is 6. The molecule has 1 aliphatic carbocycles. The zero-order valence-electron chi connectivity index (χ0n) is 13.2. The van der Waals surface area contributed by atoms with Crippen LogP contribution in [0.3, 0.4) is 0 Å².